The van der Waals surface area contributed by atoms with E-state index in [1.54, 1.807) is 12.5 Å². The summed E-state index contributed by atoms with van der Waals surface area (Å²) in [5.41, 5.74) is 0.874. The maximum Gasteiger partial charge on any atom is 0.225 e. The predicted molar refractivity (Wildman–Crippen MR) is 92.9 cm³/mol. The summed E-state index contributed by atoms with van der Waals surface area (Å²) < 4.78 is 5.46. The highest BCUT2D eigenvalue weighted by Crippen LogP contribution is 2.29. The smallest absolute Gasteiger partial charge is 0.225 e. The van der Waals surface area contributed by atoms with Gasteiger partial charge in [0.15, 0.2) is 0 Å². The molecule has 5 nitrogen and oxygen atoms in total. The molecule has 1 amide bonds. The number of carbonyl (C=O) groups is 1. The van der Waals surface area contributed by atoms with Gasteiger partial charge in [0.25, 0.3) is 0 Å². The number of piperidine rings is 1. The Hall–Kier alpha value is -1.69. The van der Waals surface area contributed by atoms with Crippen LogP contribution in [-0.2, 0) is 4.79 Å². The number of carbonyl (C=O) groups excluding carboxylic acids is 1. The van der Waals surface area contributed by atoms with Crippen molar-refractivity contribution in [2.45, 2.75) is 12.8 Å². The van der Waals surface area contributed by atoms with Crippen molar-refractivity contribution in [3.8, 4) is 0 Å². The molecule has 0 saturated carbocycles. The van der Waals surface area contributed by atoms with E-state index in [4.69, 9.17) is 4.42 Å². The molecule has 4 rings (SSSR count). The van der Waals surface area contributed by atoms with Gasteiger partial charge in [-0.1, -0.05) is 0 Å². The third-order valence-electron chi connectivity index (χ3n) is 4.83. The number of pyridine rings is 1. The summed E-state index contributed by atoms with van der Waals surface area (Å²) >= 11 is 1.94. The van der Waals surface area contributed by atoms with E-state index in [0.29, 0.717) is 5.91 Å². The zero-order valence-electron chi connectivity index (χ0n) is 13.1. The van der Waals surface area contributed by atoms with E-state index in [1.807, 2.05) is 23.9 Å². The van der Waals surface area contributed by atoms with Crippen LogP contribution in [0.25, 0.3) is 11.0 Å². The molecule has 0 bridgehead atoms. The van der Waals surface area contributed by atoms with Gasteiger partial charge in [-0.15, -0.1) is 0 Å². The molecular weight excluding hydrogens is 310 g/mol. The van der Waals surface area contributed by atoms with Crippen molar-refractivity contribution in [2.24, 2.45) is 5.92 Å². The van der Waals surface area contributed by atoms with Crippen LogP contribution in [0.2, 0.25) is 0 Å². The minimum atomic E-state index is 0.179. The molecule has 0 spiro atoms. The molecule has 2 aliphatic rings. The van der Waals surface area contributed by atoms with Crippen molar-refractivity contribution in [1.82, 2.24) is 9.88 Å². The van der Waals surface area contributed by atoms with Gasteiger partial charge in [0.1, 0.15) is 11.4 Å². The minimum absolute atomic E-state index is 0.179. The fourth-order valence-corrected chi connectivity index (χ4v) is 4.42. The van der Waals surface area contributed by atoms with Crippen LogP contribution in [0.3, 0.4) is 0 Å². The van der Waals surface area contributed by atoms with Gasteiger partial charge in [0.05, 0.1) is 11.6 Å². The van der Waals surface area contributed by atoms with Crippen LogP contribution in [0.1, 0.15) is 12.8 Å². The summed E-state index contributed by atoms with van der Waals surface area (Å²) in [5.74, 6) is 3.68. The second-order valence-electron chi connectivity index (χ2n) is 6.17. The molecule has 4 heterocycles. The number of rotatable bonds is 2. The van der Waals surface area contributed by atoms with Gasteiger partial charge in [0, 0.05) is 49.8 Å². The lowest BCUT2D eigenvalue weighted by Crippen LogP contribution is -2.45. The van der Waals surface area contributed by atoms with Crippen LogP contribution in [0.15, 0.2) is 29.0 Å². The molecule has 23 heavy (non-hydrogen) atoms. The molecule has 0 unspecified atom stereocenters. The van der Waals surface area contributed by atoms with Crippen LogP contribution in [0, 0.1) is 5.92 Å². The average Bonchev–Trinajstić information content (AvgIpc) is 3.11. The van der Waals surface area contributed by atoms with Crippen LogP contribution >= 0.6 is 11.8 Å². The molecule has 0 atom stereocenters. The maximum absolute atomic E-state index is 12.6. The summed E-state index contributed by atoms with van der Waals surface area (Å²) in [5, 5.41) is 1.06. The molecule has 0 N–H and O–H groups in total. The molecule has 0 aromatic carbocycles. The number of amides is 1. The number of hydrogen-bond donors (Lipinski definition) is 0. The zero-order chi connectivity index (χ0) is 15.6. The van der Waals surface area contributed by atoms with Crippen molar-refractivity contribution in [3.63, 3.8) is 0 Å². The Morgan fingerprint density at radius 2 is 1.96 bits per heavy atom. The third-order valence-corrected chi connectivity index (χ3v) is 5.77. The van der Waals surface area contributed by atoms with Crippen molar-refractivity contribution >= 4 is 34.5 Å². The Labute approximate surface area is 140 Å². The number of hydrogen-bond acceptors (Lipinski definition) is 5. The molecule has 122 valence electrons. The number of nitrogens with zero attached hydrogens (tertiary/aromatic N) is 3. The van der Waals surface area contributed by atoms with Crippen molar-refractivity contribution in [3.05, 3.63) is 24.6 Å². The van der Waals surface area contributed by atoms with Gasteiger partial charge >= 0.3 is 0 Å². The Morgan fingerprint density at radius 3 is 2.74 bits per heavy atom. The molecule has 2 aliphatic heterocycles. The molecule has 2 aromatic heterocycles. The normalized spacial score (nSPS) is 20.2. The first-order valence-corrected chi connectivity index (χ1v) is 9.42. The number of fused-ring (bicyclic) bond motifs is 1. The summed E-state index contributed by atoms with van der Waals surface area (Å²) in [6.45, 7) is 3.60. The summed E-state index contributed by atoms with van der Waals surface area (Å²) in [4.78, 5) is 21.5. The first kappa shape index (κ1) is 14.9. The molecule has 6 heteroatoms. The monoisotopic (exact) mass is 331 g/mol. The Balaban J connectivity index is 1.42. The SMILES string of the molecule is O=C(C1CCN(c2nccc3occc23)CC1)N1CCSCC1. The highest BCUT2D eigenvalue weighted by molar-refractivity contribution is 7.99. The molecule has 2 fully saturated rings. The Kier molecular flexibility index (Phi) is 4.16. The van der Waals surface area contributed by atoms with E-state index in [-0.39, 0.29) is 5.92 Å². The van der Waals surface area contributed by atoms with Gasteiger partial charge in [-0.2, -0.15) is 11.8 Å². The van der Waals surface area contributed by atoms with E-state index in [1.165, 1.54) is 0 Å². The van der Waals surface area contributed by atoms with E-state index in [9.17, 15) is 4.79 Å². The quantitative estimate of drug-likeness (QED) is 0.847. The average molecular weight is 331 g/mol. The van der Waals surface area contributed by atoms with E-state index in [2.05, 4.69) is 14.8 Å². The van der Waals surface area contributed by atoms with Crippen molar-refractivity contribution in [2.75, 3.05) is 42.6 Å². The molecule has 2 saturated heterocycles. The zero-order valence-corrected chi connectivity index (χ0v) is 13.9. The predicted octanol–water partition coefficient (Wildman–Crippen LogP) is 2.62. The fourth-order valence-electron chi connectivity index (χ4n) is 3.51. The van der Waals surface area contributed by atoms with Gasteiger partial charge in [0.2, 0.25) is 5.91 Å². The summed E-state index contributed by atoms with van der Waals surface area (Å²) in [6, 6.07) is 3.86. The van der Waals surface area contributed by atoms with Gasteiger partial charge < -0.3 is 14.2 Å². The lowest BCUT2D eigenvalue weighted by molar-refractivity contribution is -0.135. The van der Waals surface area contributed by atoms with Gasteiger partial charge in [-0.25, -0.2) is 4.98 Å². The Morgan fingerprint density at radius 1 is 1.17 bits per heavy atom. The van der Waals surface area contributed by atoms with Crippen LogP contribution in [0.5, 0.6) is 0 Å². The van der Waals surface area contributed by atoms with E-state index >= 15 is 0 Å². The lowest BCUT2D eigenvalue weighted by Gasteiger charge is -2.36. The summed E-state index contributed by atoms with van der Waals surface area (Å²) in [6.07, 6.45) is 5.33. The first-order chi connectivity index (χ1) is 11.3. The topological polar surface area (TPSA) is 49.6 Å². The molecular formula is C17H21N3O2S. The summed E-state index contributed by atoms with van der Waals surface area (Å²) in [7, 11) is 0. The second-order valence-corrected chi connectivity index (χ2v) is 7.39. The van der Waals surface area contributed by atoms with E-state index < -0.39 is 0 Å². The highest BCUT2D eigenvalue weighted by Gasteiger charge is 2.30. The first-order valence-electron chi connectivity index (χ1n) is 8.26. The van der Waals surface area contributed by atoms with Crippen LogP contribution < -0.4 is 4.90 Å². The van der Waals surface area contributed by atoms with Gasteiger partial charge in [-0.05, 0) is 25.0 Å². The third kappa shape index (κ3) is 2.92. The minimum Gasteiger partial charge on any atom is -0.464 e. The number of aromatic nitrogens is 1. The van der Waals surface area contributed by atoms with Gasteiger partial charge in [-0.3, -0.25) is 4.79 Å². The maximum atomic E-state index is 12.6. The fraction of sp³-hybridized carbons (Fsp3) is 0.529. The van der Waals surface area contributed by atoms with E-state index in [0.717, 1.165) is 67.3 Å². The largest absolute Gasteiger partial charge is 0.464 e. The number of thioether (sulfide) groups is 1. The number of anilines is 1. The molecule has 2 aromatic rings. The Bertz CT molecular complexity index is 688. The highest BCUT2D eigenvalue weighted by atomic mass is 32.2. The number of furan rings is 1. The lowest BCUT2D eigenvalue weighted by atomic mass is 9.95. The van der Waals surface area contributed by atoms with Crippen molar-refractivity contribution in [1.29, 1.82) is 0 Å². The van der Waals surface area contributed by atoms with Crippen LogP contribution in [0.4, 0.5) is 5.82 Å². The standard InChI is InChI=1S/C17H21N3O2S/c21-17(20-8-11-23-12-9-20)13-2-6-19(7-3-13)16-14-4-10-22-15(14)1-5-18-16/h1,4-5,10,13H,2-3,6-9,11-12H2. The van der Waals surface area contributed by atoms with Crippen molar-refractivity contribution < 1.29 is 9.21 Å². The molecule has 0 radical (unpaired) electrons. The second kappa shape index (κ2) is 6.43. The van der Waals surface area contributed by atoms with Crippen LogP contribution in [-0.4, -0.2) is 53.5 Å². The molecule has 0 aliphatic carbocycles.